The zero-order valence-electron chi connectivity index (χ0n) is 10.2. The van der Waals surface area contributed by atoms with Gasteiger partial charge in [-0.05, 0) is 43.8 Å². The maximum Gasteiger partial charge on any atom is 0.00913 e. The first-order valence-electron chi connectivity index (χ1n) is 5.94. The quantitative estimate of drug-likeness (QED) is 0.725. The van der Waals surface area contributed by atoms with Crippen LogP contribution >= 0.6 is 0 Å². The van der Waals surface area contributed by atoms with Crippen LogP contribution in [0, 0.1) is 11.3 Å². The highest BCUT2D eigenvalue weighted by Gasteiger charge is 2.21. The molecule has 0 radical (unpaired) electrons. The topological polar surface area (TPSA) is 24.1 Å². The van der Waals surface area contributed by atoms with Crippen LogP contribution < -0.4 is 10.6 Å². The summed E-state index contributed by atoms with van der Waals surface area (Å²) in [6, 6.07) is 0.751. The molecule has 2 nitrogen and oxygen atoms in total. The zero-order valence-corrected chi connectivity index (χ0v) is 10.2. The minimum atomic E-state index is 0.430. The molecule has 1 aliphatic rings. The lowest BCUT2D eigenvalue weighted by Gasteiger charge is -2.31. The third kappa shape index (κ3) is 3.97. The molecule has 1 atom stereocenters. The molecule has 0 aliphatic carbocycles. The highest BCUT2D eigenvalue weighted by Crippen LogP contribution is 2.24. The molecule has 0 bridgehead atoms. The van der Waals surface area contributed by atoms with E-state index in [1.807, 2.05) is 0 Å². The molecule has 2 heteroatoms. The minimum absolute atomic E-state index is 0.430. The Morgan fingerprint density at radius 3 is 2.36 bits per heavy atom. The van der Waals surface area contributed by atoms with E-state index in [1.54, 1.807) is 0 Å². The summed E-state index contributed by atoms with van der Waals surface area (Å²) in [5.41, 5.74) is 0.430. The maximum atomic E-state index is 3.69. The van der Waals surface area contributed by atoms with Crippen LogP contribution in [0.5, 0.6) is 0 Å². The van der Waals surface area contributed by atoms with Crippen molar-refractivity contribution in [2.45, 2.75) is 46.6 Å². The fourth-order valence-electron chi connectivity index (χ4n) is 1.68. The Bertz CT molecular complexity index is 154. The van der Waals surface area contributed by atoms with Gasteiger partial charge in [-0.2, -0.15) is 0 Å². The number of hydrogen-bond acceptors (Lipinski definition) is 2. The molecule has 1 saturated heterocycles. The summed E-state index contributed by atoms with van der Waals surface area (Å²) in [5, 5.41) is 7.08. The van der Waals surface area contributed by atoms with Crippen molar-refractivity contribution in [3.8, 4) is 0 Å². The van der Waals surface area contributed by atoms with Gasteiger partial charge in [-0.3, -0.25) is 0 Å². The molecule has 84 valence electrons. The second-order valence-corrected chi connectivity index (χ2v) is 5.70. The monoisotopic (exact) mass is 198 g/mol. The van der Waals surface area contributed by atoms with Gasteiger partial charge in [0.05, 0.1) is 0 Å². The smallest absolute Gasteiger partial charge is 0.00913 e. The second-order valence-electron chi connectivity index (χ2n) is 5.70. The lowest BCUT2D eigenvalue weighted by molar-refractivity contribution is 0.237. The van der Waals surface area contributed by atoms with Crippen molar-refractivity contribution >= 4 is 0 Å². The van der Waals surface area contributed by atoms with Gasteiger partial charge < -0.3 is 10.6 Å². The van der Waals surface area contributed by atoms with Crippen molar-refractivity contribution in [2.24, 2.45) is 11.3 Å². The second kappa shape index (κ2) is 5.13. The largest absolute Gasteiger partial charge is 0.317 e. The molecule has 0 aromatic rings. The van der Waals surface area contributed by atoms with E-state index >= 15 is 0 Å². The Kier molecular flexibility index (Phi) is 4.39. The highest BCUT2D eigenvalue weighted by molar-refractivity contribution is 4.78. The molecule has 1 fully saturated rings. The fourth-order valence-corrected chi connectivity index (χ4v) is 1.68. The average molecular weight is 198 g/mol. The van der Waals surface area contributed by atoms with Crippen LogP contribution in [0.1, 0.15) is 40.5 Å². The van der Waals surface area contributed by atoms with Crippen LogP contribution in [0.2, 0.25) is 0 Å². The summed E-state index contributed by atoms with van der Waals surface area (Å²) in [7, 11) is 0. The molecule has 1 rings (SSSR count). The average Bonchev–Trinajstić information content (AvgIpc) is 2.14. The normalized spacial score (nSPS) is 22.3. The van der Waals surface area contributed by atoms with Crippen LogP contribution in [0.15, 0.2) is 0 Å². The molecule has 0 saturated carbocycles. The van der Waals surface area contributed by atoms with Crippen LogP contribution in [-0.4, -0.2) is 25.7 Å². The number of rotatable bonds is 3. The molecule has 0 aromatic carbocycles. The van der Waals surface area contributed by atoms with E-state index in [4.69, 9.17) is 0 Å². The summed E-state index contributed by atoms with van der Waals surface area (Å²) >= 11 is 0. The summed E-state index contributed by atoms with van der Waals surface area (Å²) in [4.78, 5) is 0. The Labute approximate surface area is 88.8 Å². The number of nitrogens with one attached hydrogen (secondary N) is 2. The molecule has 14 heavy (non-hydrogen) atoms. The van der Waals surface area contributed by atoms with Crippen molar-refractivity contribution in [3.63, 3.8) is 0 Å². The first kappa shape index (κ1) is 12.0. The van der Waals surface area contributed by atoms with Crippen LogP contribution in [0.25, 0.3) is 0 Å². The van der Waals surface area contributed by atoms with E-state index in [2.05, 4.69) is 38.3 Å². The van der Waals surface area contributed by atoms with Gasteiger partial charge in [-0.1, -0.05) is 27.7 Å². The standard InChI is InChI=1S/C12H26N2/c1-10(12(2,3)4)9-14-11-5-7-13-8-6-11/h10-11,13-14H,5-9H2,1-4H3. The summed E-state index contributed by atoms with van der Waals surface area (Å²) in [5.74, 6) is 0.748. The third-order valence-corrected chi connectivity index (χ3v) is 3.53. The van der Waals surface area contributed by atoms with Gasteiger partial charge in [0.2, 0.25) is 0 Å². The molecule has 1 heterocycles. The van der Waals surface area contributed by atoms with Crippen LogP contribution in [-0.2, 0) is 0 Å². The molecule has 0 spiro atoms. The first-order valence-corrected chi connectivity index (χ1v) is 5.94. The molecule has 0 aromatic heterocycles. The maximum absolute atomic E-state index is 3.69. The molecule has 0 amide bonds. The van der Waals surface area contributed by atoms with Gasteiger partial charge in [-0.25, -0.2) is 0 Å². The summed E-state index contributed by atoms with van der Waals surface area (Å²) < 4.78 is 0. The molecular formula is C12H26N2. The van der Waals surface area contributed by atoms with E-state index in [-0.39, 0.29) is 0 Å². The predicted octanol–water partition coefficient (Wildman–Crippen LogP) is 2.01. The first-order chi connectivity index (χ1) is 6.50. The van der Waals surface area contributed by atoms with Crippen LogP contribution in [0.4, 0.5) is 0 Å². The lowest BCUT2D eigenvalue weighted by Crippen LogP contribution is -2.42. The van der Waals surface area contributed by atoms with Crippen molar-refractivity contribution < 1.29 is 0 Å². The van der Waals surface area contributed by atoms with Gasteiger partial charge in [-0.15, -0.1) is 0 Å². The Balaban J connectivity index is 2.19. The van der Waals surface area contributed by atoms with Crippen molar-refractivity contribution in [1.29, 1.82) is 0 Å². The summed E-state index contributed by atoms with van der Waals surface area (Å²) in [6.07, 6.45) is 2.58. The van der Waals surface area contributed by atoms with E-state index in [1.165, 1.54) is 25.9 Å². The number of hydrogen-bond donors (Lipinski definition) is 2. The molecule has 2 N–H and O–H groups in total. The SMILES string of the molecule is CC(CNC1CCNCC1)C(C)(C)C. The Morgan fingerprint density at radius 1 is 1.29 bits per heavy atom. The van der Waals surface area contributed by atoms with Crippen molar-refractivity contribution in [2.75, 3.05) is 19.6 Å². The van der Waals surface area contributed by atoms with Gasteiger partial charge in [0.1, 0.15) is 0 Å². The van der Waals surface area contributed by atoms with E-state index in [9.17, 15) is 0 Å². The highest BCUT2D eigenvalue weighted by atomic mass is 15.0. The lowest BCUT2D eigenvalue weighted by atomic mass is 9.82. The van der Waals surface area contributed by atoms with E-state index in [0.717, 1.165) is 18.5 Å². The summed E-state index contributed by atoms with van der Waals surface area (Å²) in [6.45, 7) is 12.8. The van der Waals surface area contributed by atoms with Crippen molar-refractivity contribution in [1.82, 2.24) is 10.6 Å². The van der Waals surface area contributed by atoms with Gasteiger partial charge in [0.25, 0.3) is 0 Å². The van der Waals surface area contributed by atoms with Crippen molar-refractivity contribution in [3.05, 3.63) is 0 Å². The van der Waals surface area contributed by atoms with Gasteiger partial charge in [0, 0.05) is 6.04 Å². The minimum Gasteiger partial charge on any atom is -0.317 e. The van der Waals surface area contributed by atoms with Gasteiger partial charge >= 0.3 is 0 Å². The molecular weight excluding hydrogens is 172 g/mol. The third-order valence-electron chi connectivity index (χ3n) is 3.53. The Morgan fingerprint density at radius 2 is 1.86 bits per heavy atom. The van der Waals surface area contributed by atoms with E-state index < -0.39 is 0 Å². The van der Waals surface area contributed by atoms with E-state index in [0.29, 0.717) is 5.41 Å². The predicted molar refractivity (Wildman–Crippen MR) is 62.5 cm³/mol. The Hall–Kier alpha value is -0.0800. The number of piperidine rings is 1. The van der Waals surface area contributed by atoms with Gasteiger partial charge in [0.15, 0.2) is 0 Å². The molecule has 1 unspecified atom stereocenters. The molecule has 1 aliphatic heterocycles. The fraction of sp³-hybridized carbons (Fsp3) is 1.00. The zero-order chi connectivity index (χ0) is 10.6. The van der Waals surface area contributed by atoms with Crippen LogP contribution in [0.3, 0.4) is 0 Å².